The van der Waals surface area contributed by atoms with Crippen LogP contribution in [0.25, 0.3) is 21.3 Å². The van der Waals surface area contributed by atoms with Crippen molar-refractivity contribution in [2.75, 3.05) is 0 Å². The third-order valence-corrected chi connectivity index (χ3v) is 3.72. The Morgan fingerprint density at radius 1 is 1.16 bits per heavy atom. The number of non-ortho nitro benzene ring substituents is 1. The fourth-order valence-electron chi connectivity index (χ4n) is 1.90. The normalized spacial score (nSPS) is 10.7. The second-order valence-corrected chi connectivity index (χ2v) is 4.96. The number of hydrogen-bond acceptors (Lipinski definition) is 4. The Bertz CT molecular complexity index is 818. The number of aromatic nitrogens is 1. The average Bonchev–Trinajstić information content (AvgIpc) is 2.87. The number of nitro groups is 1. The predicted molar refractivity (Wildman–Crippen MR) is 74.5 cm³/mol. The lowest BCUT2D eigenvalue weighted by Gasteiger charge is -2.01. The van der Waals surface area contributed by atoms with Gasteiger partial charge in [-0.15, -0.1) is 11.3 Å². The molecule has 1 N–H and O–H groups in total. The van der Waals surface area contributed by atoms with Crippen LogP contribution in [0.1, 0.15) is 0 Å². The first-order chi connectivity index (χ1) is 9.15. The second kappa shape index (κ2) is 4.33. The Morgan fingerprint density at radius 2 is 1.89 bits per heavy atom. The van der Waals surface area contributed by atoms with Crippen LogP contribution < -0.4 is 5.56 Å². The number of pyridine rings is 1. The van der Waals surface area contributed by atoms with Gasteiger partial charge in [-0.2, -0.15) is 0 Å². The molecule has 0 atom stereocenters. The van der Waals surface area contributed by atoms with Crippen molar-refractivity contribution in [1.82, 2.24) is 4.98 Å². The van der Waals surface area contributed by atoms with E-state index in [-0.39, 0.29) is 11.2 Å². The molecule has 0 aliphatic heterocycles. The van der Waals surface area contributed by atoms with E-state index in [4.69, 9.17) is 0 Å². The number of nitrogens with one attached hydrogen (secondary N) is 1. The number of benzene rings is 1. The minimum atomic E-state index is -0.449. The van der Waals surface area contributed by atoms with Gasteiger partial charge in [0.2, 0.25) is 0 Å². The van der Waals surface area contributed by atoms with Gasteiger partial charge in [0, 0.05) is 22.5 Å². The fraction of sp³-hybridized carbons (Fsp3) is 0. The van der Waals surface area contributed by atoms with Crippen molar-refractivity contribution in [2.24, 2.45) is 0 Å². The summed E-state index contributed by atoms with van der Waals surface area (Å²) in [5.41, 5.74) is 1.29. The Balaban J connectivity index is 2.13. The topological polar surface area (TPSA) is 76.0 Å². The maximum atomic E-state index is 11.9. The molecule has 3 aromatic rings. The van der Waals surface area contributed by atoms with Crippen LogP contribution in [0.4, 0.5) is 5.69 Å². The molecule has 6 heteroatoms. The van der Waals surface area contributed by atoms with Crippen LogP contribution in [-0.2, 0) is 0 Å². The maximum Gasteiger partial charge on any atom is 0.269 e. The summed E-state index contributed by atoms with van der Waals surface area (Å²) in [5.74, 6) is 0. The van der Waals surface area contributed by atoms with E-state index in [0.29, 0.717) is 11.1 Å². The standard InChI is InChI=1S/C13H8N2O3S/c16-13-10-5-6-19-12(10)7-11(14-13)8-1-3-9(4-2-8)15(17)18/h1-7H,(H,14,16). The minimum Gasteiger partial charge on any atom is -0.321 e. The Labute approximate surface area is 111 Å². The molecule has 2 heterocycles. The molecular formula is C13H8N2O3S. The molecule has 0 spiro atoms. The summed E-state index contributed by atoms with van der Waals surface area (Å²) in [6.07, 6.45) is 0. The zero-order valence-corrected chi connectivity index (χ0v) is 10.4. The second-order valence-electron chi connectivity index (χ2n) is 4.01. The van der Waals surface area contributed by atoms with Crippen molar-refractivity contribution in [3.8, 4) is 11.3 Å². The van der Waals surface area contributed by atoms with Crippen molar-refractivity contribution >= 4 is 27.1 Å². The highest BCUT2D eigenvalue weighted by Gasteiger charge is 2.08. The predicted octanol–water partition coefficient (Wildman–Crippen LogP) is 3.16. The number of aromatic amines is 1. The van der Waals surface area contributed by atoms with Crippen LogP contribution >= 0.6 is 11.3 Å². The van der Waals surface area contributed by atoms with Crippen molar-refractivity contribution in [3.63, 3.8) is 0 Å². The zero-order chi connectivity index (χ0) is 13.4. The van der Waals surface area contributed by atoms with E-state index in [2.05, 4.69) is 4.98 Å². The van der Waals surface area contributed by atoms with E-state index in [1.807, 2.05) is 11.4 Å². The molecular weight excluding hydrogens is 264 g/mol. The third-order valence-electron chi connectivity index (χ3n) is 2.85. The van der Waals surface area contributed by atoms with Gasteiger partial charge in [0.05, 0.1) is 10.3 Å². The third kappa shape index (κ3) is 2.02. The van der Waals surface area contributed by atoms with E-state index < -0.39 is 4.92 Å². The molecule has 0 amide bonds. The monoisotopic (exact) mass is 272 g/mol. The number of nitro benzene ring substituents is 1. The molecule has 0 radical (unpaired) electrons. The molecule has 94 valence electrons. The molecule has 19 heavy (non-hydrogen) atoms. The van der Waals surface area contributed by atoms with Gasteiger partial charge in [0.25, 0.3) is 11.2 Å². The summed E-state index contributed by atoms with van der Waals surface area (Å²) in [7, 11) is 0. The quantitative estimate of drug-likeness (QED) is 0.575. The van der Waals surface area contributed by atoms with E-state index in [1.54, 1.807) is 18.2 Å². The first-order valence-corrected chi connectivity index (χ1v) is 6.38. The minimum absolute atomic E-state index is 0.0308. The Kier molecular flexibility index (Phi) is 2.64. The van der Waals surface area contributed by atoms with E-state index in [9.17, 15) is 14.9 Å². The summed E-state index contributed by atoms with van der Waals surface area (Å²) in [5, 5.41) is 13.1. The van der Waals surface area contributed by atoms with Crippen molar-refractivity contribution < 1.29 is 4.92 Å². The van der Waals surface area contributed by atoms with Gasteiger partial charge < -0.3 is 4.98 Å². The van der Waals surface area contributed by atoms with Gasteiger partial charge in [-0.25, -0.2) is 0 Å². The molecule has 0 aliphatic carbocycles. The summed E-state index contributed by atoms with van der Waals surface area (Å²) >= 11 is 1.49. The largest absolute Gasteiger partial charge is 0.321 e. The lowest BCUT2D eigenvalue weighted by molar-refractivity contribution is -0.384. The van der Waals surface area contributed by atoms with Crippen LogP contribution in [0, 0.1) is 10.1 Å². The van der Waals surface area contributed by atoms with Crippen LogP contribution in [-0.4, -0.2) is 9.91 Å². The van der Waals surface area contributed by atoms with Crippen LogP contribution in [0.5, 0.6) is 0 Å². The molecule has 0 aliphatic rings. The maximum absolute atomic E-state index is 11.9. The zero-order valence-electron chi connectivity index (χ0n) is 9.62. The molecule has 2 aromatic heterocycles. The van der Waals surface area contributed by atoms with Crippen molar-refractivity contribution in [2.45, 2.75) is 0 Å². The SMILES string of the molecule is O=c1[nH]c(-c2ccc([N+](=O)[O-])cc2)cc2sccc12. The van der Waals surface area contributed by atoms with Crippen molar-refractivity contribution in [3.05, 3.63) is 62.2 Å². The van der Waals surface area contributed by atoms with Gasteiger partial charge in [-0.05, 0) is 35.2 Å². The summed E-state index contributed by atoms with van der Waals surface area (Å²) in [4.78, 5) is 24.8. The van der Waals surface area contributed by atoms with E-state index in [0.717, 1.165) is 10.3 Å². The number of nitrogens with zero attached hydrogens (tertiary/aromatic N) is 1. The van der Waals surface area contributed by atoms with Gasteiger partial charge in [0.15, 0.2) is 0 Å². The van der Waals surface area contributed by atoms with Gasteiger partial charge in [0.1, 0.15) is 0 Å². The van der Waals surface area contributed by atoms with Crippen molar-refractivity contribution in [1.29, 1.82) is 0 Å². The number of H-pyrrole nitrogens is 1. The summed E-state index contributed by atoms with van der Waals surface area (Å²) in [6.45, 7) is 0. The number of thiophene rings is 1. The smallest absolute Gasteiger partial charge is 0.269 e. The molecule has 3 rings (SSSR count). The number of hydrogen-bond donors (Lipinski definition) is 1. The van der Waals surface area contributed by atoms with Crippen LogP contribution in [0.2, 0.25) is 0 Å². The molecule has 0 unspecified atom stereocenters. The first-order valence-electron chi connectivity index (χ1n) is 5.50. The highest BCUT2D eigenvalue weighted by molar-refractivity contribution is 7.17. The summed E-state index contributed by atoms with van der Waals surface area (Å²) in [6, 6.07) is 9.76. The van der Waals surface area contributed by atoms with Crippen LogP contribution in [0.15, 0.2) is 46.6 Å². The molecule has 1 aromatic carbocycles. The Hall–Kier alpha value is -2.47. The number of fused-ring (bicyclic) bond motifs is 1. The lowest BCUT2D eigenvalue weighted by Crippen LogP contribution is -2.05. The molecule has 0 fully saturated rings. The lowest BCUT2D eigenvalue weighted by atomic mass is 10.1. The van der Waals surface area contributed by atoms with E-state index >= 15 is 0 Å². The van der Waals surface area contributed by atoms with Gasteiger partial charge in [-0.1, -0.05) is 0 Å². The van der Waals surface area contributed by atoms with Gasteiger partial charge in [-0.3, -0.25) is 14.9 Å². The van der Waals surface area contributed by atoms with Crippen LogP contribution in [0.3, 0.4) is 0 Å². The Morgan fingerprint density at radius 3 is 2.58 bits per heavy atom. The number of rotatable bonds is 2. The molecule has 0 bridgehead atoms. The highest BCUT2D eigenvalue weighted by Crippen LogP contribution is 2.24. The molecule has 0 saturated heterocycles. The first kappa shape index (κ1) is 11.6. The fourth-order valence-corrected chi connectivity index (χ4v) is 2.72. The molecule has 0 saturated carbocycles. The van der Waals surface area contributed by atoms with Gasteiger partial charge >= 0.3 is 0 Å². The summed E-state index contributed by atoms with van der Waals surface area (Å²) < 4.78 is 0.900. The average molecular weight is 272 g/mol. The highest BCUT2D eigenvalue weighted by atomic mass is 32.1. The van der Waals surface area contributed by atoms with E-state index in [1.165, 1.54) is 23.5 Å². The molecule has 5 nitrogen and oxygen atoms in total.